The Morgan fingerprint density at radius 2 is 2.00 bits per heavy atom. The fraction of sp³-hybridized carbons (Fsp3) is 0.0833. The minimum absolute atomic E-state index is 0.0834. The summed E-state index contributed by atoms with van der Waals surface area (Å²) in [5.74, 6) is 0.711. The van der Waals surface area contributed by atoms with E-state index in [1.807, 2.05) is 24.3 Å². The van der Waals surface area contributed by atoms with Gasteiger partial charge in [0.05, 0.1) is 17.1 Å². The Labute approximate surface area is 91.9 Å². The zero-order chi connectivity index (χ0) is 11.1. The maximum atomic E-state index is 11.8. The van der Waals surface area contributed by atoms with Crippen LogP contribution in [0.5, 0.6) is 5.75 Å². The van der Waals surface area contributed by atoms with Gasteiger partial charge in [0.15, 0.2) is 0 Å². The number of hydrogen-bond acceptors (Lipinski definition) is 3. The molecule has 1 aromatic carbocycles. The lowest BCUT2D eigenvalue weighted by atomic mass is 10.2. The van der Waals surface area contributed by atoms with Crippen LogP contribution in [0.15, 0.2) is 41.2 Å². The summed E-state index contributed by atoms with van der Waals surface area (Å²) in [6.07, 6.45) is 0. The van der Waals surface area contributed by atoms with Gasteiger partial charge >= 0.3 is 0 Å². The van der Waals surface area contributed by atoms with Crippen LogP contribution in [0.25, 0.3) is 5.69 Å². The Morgan fingerprint density at radius 3 is 2.88 bits per heavy atom. The molecular formula is C12H10N2O2. The van der Waals surface area contributed by atoms with E-state index in [-0.39, 0.29) is 5.56 Å². The summed E-state index contributed by atoms with van der Waals surface area (Å²) in [5, 5.41) is 0. The highest BCUT2D eigenvalue weighted by molar-refractivity contribution is 5.54. The van der Waals surface area contributed by atoms with Gasteiger partial charge in [-0.1, -0.05) is 12.1 Å². The number of anilines is 1. The van der Waals surface area contributed by atoms with Gasteiger partial charge in [0.25, 0.3) is 5.56 Å². The number of benzene rings is 1. The van der Waals surface area contributed by atoms with E-state index in [9.17, 15) is 4.79 Å². The normalized spacial score (nSPS) is 12.5. The van der Waals surface area contributed by atoms with Crippen molar-refractivity contribution < 1.29 is 4.74 Å². The Kier molecular flexibility index (Phi) is 1.77. The van der Waals surface area contributed by atoms with Crippen molar-refractivity contribution >= 4 is 5.69 Å². The molecule has 2 heterocycles. The zero-order valence-corrected chi connectivity index (χ0v) is 8.51. The molecule has 1 aliphatic rings. The number of pyridine rings is 1. The topological polar surface area (TPSA) is 57.2 Å². The molecule has 1 aliphatic heterocycles. The minimum atomic E-state index is -0.0834. The standard InChI is InChI=1S/C12H10N2O2/c13-8-5-6-12(15)14-9-3-1-2-4-11(9)16-7-10(8)14/h1-6H,7,13H2. The molecule has 0 aliphatic carbocycles. The van der Waals surface area contributed by atoms with Gasteiger partial charge in [-0.05, 0) is 18.2 Å². The van der Waals surface area contributed by atoms with E-state index in [0.717, 1.165) is 5.69 Å². The van der Waals surface area contributed by atoms with E-state index in [4.69, 9.17) is 10.5 Å². The number of hydrogen-bond donors (Lipinski definition) is 1. The SMILES string of the molecule is Nc1ccc(=O)n2c1COc1ccccc1-2. The molecule has 4 heteroatoms. The second-order valence-electron chi connectivity index (χ2n) is 3.67. The lowest BCUT2D eigenvalue weighted by Crippen LogP contribution is -2.27. The Hall–Kier alpha value is -2.23. The van der Waals surface area contributed by atoms with Crippen LogP contribution in [0.2, 0.25) is 0 Å². The molecule has 0 spiro atoms. The molecule has 0 amide bonds. The van der Waals surface area contributed by atoms with Gasteiger partial charge < -0.3 is 10.5 Å². The number of ether oxygens (including phenoxy) is 1. The van der Waals surface area contributed by atoms with Crippen molar-refractivity contribution in [2.24, 2.45) is 0 Å². The fourth-order valence-corrected chi connectivity index (χ4v) is 1.92. The summed E-state index contributed by atoms with van der Waals surface area (Å²) in [5.41, 5.74) is 7.79. The van der Waals surface area contributed by atoms with Gasteiger partial charge in [-0.25, -0.2) is 0 Å². The van der Waals surface area contributed by atoms with E-state index in [1.165, 1.54) is 6.07 Å². The molecule has 4 nitrogen and oxygen atoms in total. The van der Waals surface area contributed by atoms with Crippen molar-refractivity contribution in [1.82, 2.24) is 4.57 Å². The highest BCUT2D eigenvalue weighted by Crippen LogP contribution is 2.29. The summed E-state index contributed by atoms with van der Waals surface area (Å²) >= 11 is 0. The molecule has 0 radical (unpaired) electrons. The number of rotatable bonds is 0. The first kappa shape index (κ1) is 9.03. The van der Waals surface area contributed by atoms with Crippen molar-refractivity contribution in [2.45, 2.75) is 6.61 Å². The molecule has 2 N–H and O–H groups in total. The summed E-state index contributed by atoms with van der Waals surface area (Å²) < 4.78 is 7.15. The number of nitrogens with zero attached hydrogens (tertiary/aromatic N) is 1. The molecular weight excluding hydrogens is 204 g/mol. The highest BCUT2D eigenvalue weighted by atomic mass is 16.5. The Bertz CT molecular complexity index is 617. The average Bonchev–Trinajstić information content (AvgIpc) is 2.33. The maximum absolute atomic E-state index is 11.8. The van der Waals surface area contributed by atoms with Gasteiger partial charge in [0, 0.05) is 6.07 Å². The molecule has 2 aromatic rings. The van der Waals surface area contributed by atoms with Crippen LogP contribution in [0.3, 0.4) is 0 Å². The van der Waals surface area contributed by atoms with Crippen LogP contribution in [0, 0.1) is 0 Å². The molecule has 0 atom stereocenters. The van der Waals surface area contributed by atoms with Gasteiger partial charge in [-0.15, -0.1) is 0 Å². The summed E-state index contributed by atoms with van der Waals surface area (Å²) in [6, 6.07) is 10.5. The Balaban J connectivity index is 2.40. The molecule has 16 heavy (non-hydrogen) atoms. The van der Waals surface area contributed by atoms with Crippen LogP contribution in [-0.2, 0) is 6.61 Å². The maximum Gasteiger partial charge on any atom is 0.255 e. The molecule has 0 bridgehead atoms. The third-order valence-corrected chi connectivity index (χ3v) is 2.70. The van der Waals surface area contributed by atoms with Crippen LogP contribution >= 0.6 is 0 Å². The van der Waals surface area contributed by atoms with Crippen molar-refractivity contribution in [3.05, 3.63) is 52.4 Å². The predicted molar refractivity (Wildman–Crippen MR) is 60.8 cm³/mol. The van der Waals surface area contributed by atoms with Gasteiger partial charge in [-0.3, -0.25) is 9.36 Å². The van der Waals surface area contributed by atoms with E-state index < -0.39 is 0 Å². The molecule has 0 unspecified atom stereocenters. The lowest BCUT2D eigenvalue weighted by Gasteiger charge is -2.23. The number of para-hydroxylation sites is 2. The molecule has 3 rings (SSSR count). The van der Waals surface area contributed by atoms with Gasteiger partial charge in [0.2, 0.25) is 0 Å². The Morgan fingerprint density at radius 1 is 1.19 bits per heavy atom. The molecule has 1 aromatic heterocycles. The van der Waals surface area contributed by atoms with Crippen molar-refractivity contribution in [3.63, 3.8) is 0 Å². The quantitative estimate of drug-likeness (QED) is 0.719. The number of nitrogens with two attached hydrogens (primary N) is 1. The minimum Gasteiger partial charge on any atom is -0.485 e. The van der Waals surface area contributed by atoms with Crippen molar-refractivity contribution in [2.75, 3.05) is 5.73 Å². The van der Waals surface area contributed by atoms with Crippen LogP contribution in [-0.4, -0.2) is 4.57 Å². The number of fused-ring (bicyclic) bond motifs is 3. The first-order valence-electron chi connectivity index (χ1n) is 5.00. The van der Waals surface area contributed by atoms with Gasteiger partial charge in [-0.2, -0.15) is 0 Å². The molecule has 0 saturated heterocycles. The van der Waals surface area contributed by atoms with Crippen LogP contribution in [0.4, 0.5) is 5.69 Å². The predicted octanol–water partition coefficient (Wildman–Crippen LogP) is 1.31. The van der Waals surface area contributed by atoms with Crippen LogP contribution in [0.1, 0.15) is 5.69 Å². The first-order chi connectivity index (χ1) is 7.77. The largest absolute Gasteiger partial charge is 0.485 e. The van der Waals surface area contributed by atoms with Crippen LogP contribution < -0.4 is 16.0 Å². The summed E-state index contributed by atoms with van der Waals surface area (Å²) in [6.45, 7) is 0.332. The molecule has 80 valence electrons. The highest BCUT2D eigenvalue weighted by Gasteiger charge is 2.18. The number of nitrogen functional groups attached to an aromatic ring is 1. The fourth-order valence-electron chi connectivity index (χ4n) is 1.92. The third kappa shape index (κ3) is 1.13. The molecule has 0 saturated carbocycles. The average molecular weight is 214 g/mol. The second-order valence-corrected chi connectivity index (χ2v) is 3.67. The first-order valence-corrected chi connectivity index (χ1v) is 5.00. The van der Waals surface area contributed by atoms with Crippen molar-refractivity contribution in [1.29, 1.82) is 0 Å². The molecule has 0 fully saturated rings. The van der Waals surface area contributed by atoms with Gasteiger partial charge in [0.1, 0.15) is 12.4 Å². The second kappa shape index (κ2) is 3.13. The third-order valence-electron chi connectivity index (χ3n) is 2.70. The van der Waals surface area contributed by atoms with E-state index in [0.29, 0.717) is 23.7 Å². The smallest absolute Gasteiger partial charge is 0.255 e. The monoisotopic (exact) mass is 214 g/mol. The van der Waals surface area contributed by atoms with E-state index >= 15 is 0 Å². The lowest BCUT2D eigenvalue weighted by molar-refractivity contribution is 0.283. The summed E-state index contributed by atoms with van der Waals surface area (Å²) in [4.78, 5) is 11.8. The zero-order valence-electron chi connectivity index (χ0n) is 8.51. The summed E-state index contributed by atoms with van der Waals surface area (Å²) in [7, 11) is 0. The van der Waals surface area contributed by atoms with Crippen molar-refractivity contribution in [3.8, 4) is 11.4 Å². The number of aromatic nitrogens is 1. The van der Waals surface area contributed by atoms with E-state index in [2.05, 4.69) is 0 Å². The van der Waals surface area contributed by atoms with E-state index in [1.54, 1.807) is 10.6 Å².